The van der Waals surface area contributed by atoms with Crippen molar-refractivity contribution in [3.05, 3.63) is 12.7 Å². The quantitative estimate of drug-likeness (QED) is 0.533. The predicted molar refractivity (Wildman–Crippen MR) is 59.9 cm³/mol. The van der Waals surface area contributed by atoms with Crippen molar-refractivity contribution >= 4 is 5.97 Å². The van der Waals surface area contributed by atoms with E-state index in [0.29, 0.717) is 13.0 Å². The molecule has 0 radical (unpaired) electrons. The highest BCUT2D eigenvalue weighted by Gasteiger charge is 2.40. The Morgan fingerprint density at radius 2 is 2.38 bits per heavy atom. The SMILES string of the molecule is C=CC(=O)OC(CC)C1COC(C)(CC)O1. The first-order chi connectivity index (χ1) is 7.54. The molecule has 1 heterocycles. The van der Waals surface area contributed by atoms with Crippen LogP contribution in [0.5, 0.6) is 0 Å². The molecule has 3 unspecified atom stereocenters. The van der Waals surface area contributed by atoms with Gasteiger partial charge < -0.3 is 14.2 Å². The summed E-state index contributed by atoms with van der Waals surface area (Å²) in [6.07, 6.45) is 2.19. The summed E-state index contributed by atoms with van der Waals surface area (Å²) in [6, 6.07) is 0. The molecule has 16 heavy (non-hydrogen) atoms. The molecule has 3 atom stereocenters. The van der Waals surface area contributed by atoms with Gasteiger partial charge in [-0.15, -0.1) is 0 Å². The lowest BCUT2D eigenvalue weighted by molar-refractivity contribution is -0.176. The molecule has 1 aliphatic heterocycles. The minimum atomic E-state index is -0.543. The molecule has 1 rings (SSSR count). The lowest BCUT2D eigenvalue weighted by atomic mass is 10.1. The first kappa shape index (κ1) is 13.2. The molecule has 0 saturated carbocycles. The van der Waals surface area contributed by atoms with Gasteiger partial charge in [0.05, 0.1) is 6.61 Å². The van der Waals surface area contributed by atoms with Gasteiger partial charge in [-0.05, 0) is 19.8 Å². The Bertz CT molecular complexity index is 264. The fourth-order valence-corrected chi connectivity index (χ4v) is 1.63. The van der Waals surface area contributed by atoms with Crippen LogP contribution in [0.15, 0.2) is 12.7 Å². The predicted octanol–water partition coefficient (Wildman–Crippen LogP) is 2.04. The van der Waals surface area contributed by atoms with E-state index in [9.17, 15) is 4.79 Å². The van der Waals surface area contributed by atoms with Crippen LogP contribution in [0.4, 0.5) is 0 Å². The van der Waals surface area contributed by atoms with Gasteiger partial charge in [0.1, 0.15) is 12.2 Å². The maximum atomic E-state index is 11.1. The highest BCUT2D eigenvalue weighted by molar-refractivity contribution is 5.81. The van der Waals surface area contributed by atoms with Crippen LogP contribution in [0.25, 0.3) is 0 Å². The van der Waals surface area contributed by atoms with Gasteiger partial charge in [0, 0.05) is 6.08 Å². The second kappa shape index (κ2) is 5.46. The standard InChI is InChI=1S/C12H20O4/c1-5-9(15-11(13)6-2)10-8-14-12(4,7-3)16-10/h6,9-10H,2,5,7-8H2,1,3-4H3. The second-order valence-electron chi connectivity index (χ2n) is 4.04. The van der Waals surface area contributed by atoms with Crippen molar-refractivity contribution in [2.45, 2.75) is 51.6 Å². The number of hydrogen-bond acceptors (Lipinski definition) is 4. The Balaban J connectivity index is 2.55. The van der Waals surface area contributed by atoms with Crippen molar-refractivity contribution in [2.24, 2.45) is 0 Å². The third-order valence-corrected chi connectivity index (χ3v) is 2.85. The van der Waals surface area contributed by atoms with Gasteiger partial charge in [-0.1, -0.05) is 20.4 Å². The molecule has 0 spiro atoms. The van der Waals surface area contributed by atoms with Gasteiger partial charge in [0.25, 0.3) is 0 Å². The molecule has 1 saturated heterocycles. The highest BCUT2D eigenvalue weighted by Crippen LogP contribution is 2.29. The molecule has 0 aromatic carbocycles. The first-order valence-electron chi connectivity index (χ1n) is 5.69. The van der Waals surface area contributed by atoms with E-state index in [4.69, 9.17) is 14.2 Å². The second-order valence-corrected chi connectivity index (χ2v) is 4.04. The van der Waals surface area contributed by atoms with E-state index >= 15 is 0 Å². The van der Waals surface area contributed by atoms with Crippen LogP contribution in [-0.2, 0) is 19.0 Å². The number of ether oxygens (including phenoxy) is 3. The Morgan fingerprint density at radius 1 is 1.69 bits per heavy atom. The molecule has 1 aliphatic rings. The Hall–Kier alpha value is -0.870. The van der Waals surface area contributed by atoms with Gasteiger partial charge in [-0.2, -0.15) is 0 Å². The van der Waals surface area contributed by atoms with Crippen LogP contribution >= 0.6 is 0 Å². The molecular formula is C12H20O4. The molecule has 92 valence electrons. The van der Waals surface area contributed by atoms with Gasteiger partial charge >= 0.3 is 5.97 Å². The minimum Gasteiger partial charge on any atom is -0.456 e. The van der Waals surface area contributed by atoms with E-state index in [1.165, 1.54) is 0 Å². The van der Waals surface area contributed by atoms with Gasteiger partial charge in [0.15, 0.2) is 5.79 Å². The van der Waals surface area contributed by atoms with Crippen LogP contribution in [0.3, 0.4) is 0 Å². The maximum absolute atomic E-state index is 11.1. The monoisotopic (exact) mass is 228 g/mol. The lowest BCUT2D eigenvalue weighted by Gasteiger charge is -2.24. The Morgan fingerprint density at radius 3 is 2.81 bits per heavy atom. The van der Waals surface area contributed by atoms with Crippen LogP contribution < -0.4 is 0 Å². The first-order valence-corrected chi connectivity index (χ1v) is 5.69. The summed E-state index contributed by atoms with van der Waals surface area (Å²) in [5.74, 6) is -0.959. The average Bonchev–Trinajstić information content (AvgIpc) is 2.69. The van der Waals surface area contributed by atoms with Gasteiger partial charge in [0.2, 0.25) is 0 Å². The summed E-state index contributed by atoms with van der Waals surface area (Å²) in [5, 5.41) is 0. The number of carbonyl (C=O) groups is 1. The topological polar surface area (TPSA) is 44.8 Å². The molecule has 4 heteroatoms. The van der Waals surface area contributed by atoms with Crippen molar-refractivity contribution in [1.29, 1.82) is 0 Å². The molecule has 1 fully saturated rings. The normalized spacial score (nSPS) is 31.1. The van der Waals surface area contributed by atoms with E-state index < -0.39 is 11.8 Å². The fourth-order valence-electron chi connectivity index (χ4n) is 1.63. The van der Waals surface area contributed by atoms with E-state index in [2.05, 4.69) is 6.58 Å². The third kappa shape index (κ3) is 3.06. The zero-order valence-electron chi connectivity index (χ0n) is 10.2. The molecule has 0 bridgehead atoms. The summed E-state index contributed by atoms with van der Waals surface area (Å²) in [4.78, 5) is 11.1. The summed E-state index contributed by atoms with van der Waals surface area (Å²) >= 11 is 0. The molecule has 0 aromatic heterocycles. The van der Waals surface area contributed by atoms with Crippen LogP contribution in [0.2, 0.25) is 0 Å². The summed E-state index contributed by atoms with van der Waals surface area (Å²) < 4.78 is 16.5. The van der Waals surface area contributed by atoms with Crippen LogP contribution in [0.1, 0.15) is 33.6 Å². The lowest BCUT2D eigenvalue weighted by Crippen LogP contribution is -2.34. The zero-order valence-corrected chi connectivity index (χ0v) is 10.2. The van der Waals surface area contributed by atoms with Crippen LogP contribution in [-0.4, -0.2) is 30.6 Å². The number of carbonyl (C=O) groups excluding carboxylic acids is 1. The molecule has 0 N–H and O–H groups in total. The molecule has 4 nitrogen and oxygen atoms in total. The minimum absolute atomic E-state index is 0.182. The molecule has 0 aliphatic carbocycles. The van der Waals surface area contributed by atoms with E-state index in [1.54, 1.807) is 0 Å². The Labute approximate surface area is 96.6 Å². The van der Waals surface area contributed by atoms with Gasteiger partial charge in [-0.25, -0.2) is 4.79 Å². The summed E-state index contributed by atoms with van der Waals surface area (Å²) in [7, 11) is 0. The molecular weight excluding hydrogens is 208 g/mol. The number of rotatable bonds is 5. The maximum Gasteiger partial charge on any atom is 0.330 e. The highest BCUT2D eigenvalue weighted by atomic mass is 16.8. The summed E-state index contributed by atoms with van der Waals surface area (Å²) in [5.41, 5.74) is 0. The largest absolute Gasteiger partial charge is 0.456 e. The van der Waals surface area contributed by atoms with E-state index in [0.717, 1.165) is 12.5 Å². The van der Waals surface area contributed by atoms with Crippen LogP contribution in [0, 0.1) is 0 Å². The van der Waals surface area contributed by atoms with E-state index in [-0.39, 0.29) is 12.2 Å². The molecule has 0 amide bonds. The smallest absolute Gasteiger partial charge is 0.330 e. The van der Waals surface area contributed by atoms with Gasteiger partial charge in [-0.3, -0.25) is 0 Å². The zero-order chi connectivity index (χ0) is 12.2. The third-order valence-electron chi connectivity index (χ3n) is 2.85. The van der Waals surface area contributed by atoms with E-state index in [1.807, 2.05) is 20.8 Å². The van der Waals surface area contributed by atoms with Crippen molar-refractivity contribution in [1.82, 2.24) is 0 Å². The average molecular weight is 228 g/mol. The van der Waals surface area contributed by atoms with Crippen molar-refractivity contribution < 1.29 is 19.0 Å². The molecule has 0 aromatic rings. The van der Waals surface area contributed by atoms with Crippen molar-refractivity contribution in [2.75, 3.05) is 6.61 Å². The van der Waals surface area contributed by atoms with Crippen molar-refractivity contribution in [3.63, 3.8) is 0 Å². The Kier molecular flexibility index (Phi) is 4.50. The number of hydrogen-bond donors (Lipinski definition) is 0. The number of esters is 1. The van der Waals surface area contributed by atoms with Crippen molar-refractivity contribution in [3.8, 4) is 0 Å². The summed E-state index contributed by atoms with van der Waals surface area (Å²) in [6.45, 7) is 9.69. The fraction of sp³-hybridized carbons (Fsp3) is 0.750.